The molecule has 3 heterocycles. The quantitative estimate of drug-likeness (QED) is 0.277. The van der Waals surface area contributed by atoms with Crippen molar-refractivity contribution in [2.24, 2.45) is 0 Å². The van der Waals surface area contributed by atoms with Gasteiger partial charge in [0.15, 0.2) is 11.2 Å². The van der Waals surface area contributed by atoms with E-state index in [4.69, 9.17) is 15.9 Å². The zero-order valence-electron chi connectivity index (χ0n) is 13.9. The smallest absolute Gasteiger partial charge is 0.352 e. The Kier molecular flexibility index (Phi) is 5.40. The number of amides is 2. The van der Waals surface area contributed by atoms with Crippen molar-refractivity contribution in [3.8, 4) is 0 Å². The molecular formula is C15H14N4O7S2. The molecule has 1 fully saturated rings. The molecule has 0 spiro atoms. The summed E-state index contributed by atoms with van der Waals surface area (Å²) in [6, 6.07) is -0.998. The van der Waals surface area contributed by atoms with E-state index in [9.17, 15) is 24.3 Å². The van der Waals surface area contributed by atoms with E-state index in [2.05, 4.69) is 10.3 Å². The number of carbonyl (C=O) groups is 4. The summed E-state index contributed by atoms with van der Waals surface area (Å²) in [5.74, 6) is -3.90. The highest BCUT2D eigenvalue weighted by molar-refractivity contribution is 8.00. The van der Waals surface area contributed by atoms with Crippen LogP contribution >= 0.6 is 23.1 Å². The molecule has 11 nitrogen and oxygen atoms in total. The highest BCUT2D eigenvalue weighted by Crippen LogP contribution is 2.37. The van der Waals surface area contributed by atoms with Crippen LogP contribution in [-0.4, -0.2) is 72.2 Å². The number of thioether (sulfide) groups is 1. The third-order valence-electron chi connectivity index (χ3n) is 3.97. The summed E-state index contributed by atoms with van der Waals surface area (Å²) in [6.07, 6.45) is 0.235. The van der Waals surface area contributed by atoms with Crippen molar-refractivity contribution in [3.05, 3.63) is 28.9 Å². The van der Waals surface area contributed by atoms with Crippen LogP contribution < -0.4 is 11.1 Å². The second kappa shape index (κ2) is 7.61. The highest BCUT2D eigenvalue weighted by atomic mass is 32.2. The molecule has 28 heavy (non-hydrogen) atoms. The first-order chi connectivity index (χ1) is 13.2. The van der Waals surface area contributed by atoms with E-state index in [1.807, 2.05) is 0 Å². The van der Waals surface area contributed by atoms with Crippen LogP contribution in [0.1, 0.15) is 5.69 Å². The Morgan fingerprint density at radius 1 is 1.39 bits per heavy atom. The second-order valence-corrected chi connectivity index (χ2v) is 7.75. The van der Waals surface area contributed by atoms with Gasteiger partial charge < -0.3 is 26.4 Å². The van der Waals surface area contributed by atoms with Gasteiger partial charge in [0.2, 0.25) is 0 Å². The summed E-state index contributed by atoms with van der Waals surface area (Å²) in [6.45, 7) is 0. The number of rotatable bonds is 6. The topological polar surface area (TPSA) is 183 Å². The fourth-order valence-electron chi connectivity index (χ4n) is 2.67. The van der Waals surface area contributed by atoms with Gasteiger partial charge in [-0.1, -0.05) is 0 Å². The number of aliphatic hydroxyl groups excluding tert-OH is 1. The molecule has 1 aromatic heterocycles. The van der Waals surface area contributed by atoms with E-state index < -0.39 is 41.3 Å². The SMILES string of the molecule is Nc1nc(/C(=C/C(O)C(=O)O)C(=O)N[C@@H]2C(=O)N3C(C(=O)O)=CCS[C@H]23)cs1. The van der Waals surface area contributed by atoms with Gasteiger partial charge in [0.25, 0.3) is 11.8 Å². The Morgan fingerprint density at radius 2 is 2.11 bits per heavy atom. The van der Waals surface area contributed by atoms with Crippen molar-refractivity contribution in [2.75, 3.05) is 11.5 Å². The van der Waals surface area contributed by atoms with Crippen molar-refractivity contribution in [3.63, 3.8) is 0 Å². The first-order valence-corrected chi connectivity index (χ1v) is 9.66. The van der Waals surface area contributed by atoms with E-state index in [1.54, 1.807) is 0 Å². The molecule has 0 aliphatic carbocycles. The van der Waals surface area contributed by atoms with Crippen molar-refractivity contribution in [1.82, 2.24) is 15.2 Å². The average molecular weight is 426 g/mol. The van der Waals surface area contributed by atoms with Crippen LogP contribution in [0.5, 0.6) is 0 Å². The maximum atomic E-state index is 12.7. The van der Waals surface area contributed by atoms with Crippen LogP contribution in [0, 0.1) is 0 Å². The summed E-state index contributed by atoms with van der Waals surface area (Å²) in [5, 5.41) is 31.0. The van der Waals surface area contributed by atoms with Crippen molar-refractivity contribution in [2.45, 2.75) is 17.5 Å². The lowest BCUT2D eigenvalue weighted by Gasteiger charge is -2.48. The Labute approximate surface area is 165 Å². The molecule has 0 radical (unpaired) electrons. The molecule has 3 rings (SSSR count). The number of aromatic nitrogens is 1. The van der Waals surface area contributed by atoms with Crippen molar-refractivity contribution in [1.29, 1.82) is 0 Å². The zero-order chi connectivity index (χ0) is 20.6. The molecule has 1 aromatic rings. The molecule has 6 N–H and O–H groups in total. The van der Waals surface area contributed by atoms with Gasteiger partial charge in [-0.25, -0.2) is 14.6 Å². The number of anilines is 1. The van der Waals surface area contributed by atoms with E-state index in [1.165, 1.54) is 23.2 Å². The normalized spacial score (nSPS) is 22.6. The third kappa shape index (κ3) is 3.58. The lowest BCUT2D eigenvalue weighted by Crippen LogP contribution is -2.70. The molecule has 0 bridgehead atoms. The van der Waals surface area contributed by atoms with E-state index in [-0.39, 0.29) is 22.1 Å². The first-order valence-electron chi connectivity index (χ1n) is 7.73. The number of β-lactam (4-membered cyclic amide) rings is 1. The lowest BCUT2D eigenvalue weighted by atomic mass is 10.0. The zero-order valence-corrected chi connectivity index (χ0v) is 15.6. The van der Waals surface area contributed by atoms with Crippen molar-refractivity contribution < 1.29 is 34.5 Å². The molecule has 2 aliphatic rings. The minimum atomic E-state index is -1.97. The number of carbonyl (C=O) groups excluding carboxylic acids is 2. The largest absolute Gasteiger partial charge is 0.479 e. The molecule has 148 valence electrons. The number of nitrogens with two attached hydrogens (primary N) is 1. The molecule has 1 saturated heterocycles. The monoisotopic (exact) mass is 426 g/mol. The number of aliphatic hydroxyl groups is 1. The van der Waals surface area contributed by atoms with Crippen LogP contribution in [0.2, 0.25) is 0 Å². The fraction of sp³-hybridized carbons (Fsp3) is 0.267. The minimum Gasteiger partial charge on any atom is -0.479 e. The number of thiazole rings is 1. The molecule has 13 heteroatoms. The molecular weight excluding hydrogens is 412 g/mol. The van der Waals surface area contributed by atoms with Crippen LogP contribution in [0.25, 0.3) is 5.57 Å². The van der Waals surface area contributed by atoms with Gasteiger partial charge in [0, 0.05) is 11.1 Å². The number of nitrogens with zero attached hydrogens (tertiary/aromatic N) is 2. The maximum Gasteiger partial charge on any atom is 0.352 e. The van der Waals surface area contributed by atoms with Crippen LogP contribution in [0.15, 0.2) is 23.2 Å². The number of hydrogen-bond acceptors (Lipinski definition) is 9. The first kappa shape index (κ1) is 19.9. The van der Waals surface area contributed by atoms with Gasteiger partial charge in [0.05, 0.1) is 11.3 Å². The lowest BCUT2D eigenvalue weighted by molar-refractivity contribution is -0.150. The van der Waals surface area contributed by atoms with E-state index in [0.717, 1.165) is 22.3 Å². The molecule has 1 unspecified atom stereocenters. The Morgan fingerprint density at radius 3 is 2.68 bits per heavy atom. The number of hydrogen-bond donors (Lipinski definition) is 5. The van der Waals surface area contributed by atoms with Gasteiger partial charge >= 0.3 is 11.9 Å². The molecule has 0 aromatic carbocycles. The van der Waals surface area contributed by atoms with E-state index in [0.29, 0.717) is 5.75 Å². The Hall–Kier alpha value is -2.90. The van der Waals surface area contributed by atoms with Gasteiger partial charge in [-0.05, 0) is 12.2 Å². The molecule has 2 amide bonds. The van der Waals surface area contributed by atoms with Gasteiger partial charge in [-0.15, -0.1) is 23.1 Å². The number of nitrogen functional groups attached to an aromatic ring is 1. The predicted octanol–water partition coefficient (Wildman–Crippen LogP) is -1.08. The average Bonchev–Trinajstić information content (AvgIpc) is 3.08. The maximum absolute atomic E-state index is 12.7. The molecule has 2 aliphatic heterocycles. The van der Waals surface area contributed by atoms with E-state index >= 15 is 0 Å². The number of nitrogens with one attached hydrogen (secondary N) is 1. The van der Waals surface area contributed by atoms with Crippen LogP contribution in [0.4, 0.5) is 5.13 Å². The summed E-state index contributed by atoms with van der Waals surface area (Å²) in [5.41, 5.74) is 5.18. The highest BCUT2D eigenvalue weighted by Gasteiger charge is 2.52. The fourth-order valence-corrected chi connectivity index (χ4v) is 4.43. The van der Waals surface area contributed by atoms with Gasteiger partial charge in [-0.2, -0.15) is 0 Å². The standard InChI is InChI=1S/C15H14N4O7S2/c16-15-17-6(4-28-15)5(3-8(20)14(25)26)10(21)18-9-11(22)19-7(13(23)24)1-2-27-12(9)19/h1,3-4,8-9,12,20H,2H2,(H2,16,17)(H,18,21)(H,23,24)(H,25,26)/b5-3-/t8?,9-,12-/m1/s1. The Bertz CT molecular complexity index is 925. The molecule has 3 atom stereocenters. The summed E-state index contributed by atoms with van der Waals surface area (Å²) >= 11 is 2.28. The minimum absolute atomic E-state index is 0.0475. The number of aliphatic carboxylic acids is 2. The van der Waals surface area contributed by atoms with Crippen LogP contribution in [-0.2, 0) is 19.2 Å². The Balaban J connectivity index is 1.82. The van der Waals surface area contributed by atoms with Crippen LogP contribution in [0.3, 0.4) is 0 Å². The number of fused-ring (bicyclic) bond motifs is 1. The van der Waals surface area contributed by atoms with Gasteiger partial charge in [0.1, 0.15) is 17.1 Å². The number of carboxylic acid groups (broad SMARTS) is 2. The predicted molar refractivity (Wildman–Crippen MR) is 98.9 cm³/mol. The summed E-state index contributed by atoms with van der Waals surface area (Å²) < 4.78 is 0. The van der Waals surface area contributed by atoms with Gasteiger partial charge in [-0.3, -0.25) is 14.5 Å². The molecule has 0 saturated carbocycles. The van der Waals surface area contributed by atoms with Crippen molar-refractivity contribution >= 4 is 57.6 Å². The second-order valence-electron chi connectivity index (χ2n) is 5.71. The summed E-state index contributed by atoms with van der Waals surface area (Å²) in [7, 11) is 0. The summed E-state index contributed by atoms with van der Waals surface area (Å²) in [4.78, 5) is 52.2. The number of carboxylic acids is 2. The third-order valence-corrected chi connectivity index (χ3v) is 5.83.